The summed E-state index contributed by atoms with van der Waals surface area (Å²) in [5, 5.41) is 18.7. The van der Waals surface area contributed by atoms with Crippen LogP contribution in [0.2, 0.25) is 0 Å². The molecule has 0 fully saturated rings. The third kappa shape index (κ3) is 0.914. The molecule has 0 bridgehead atoms. The van der Waals surface area contributed by atoms with Gasteiger partial charge < -0.3 is 5.21 Å². The SMILES string of the molecule is O/N=C/n1nnc2ccccc21. The number of hydrogen-bond donors (Lipinski definition) is 1. The second-order valence-corrected chi connectivity index (χ2v) is 2.25. The van der Waals surface area contributed by atoms with Crippen molar-refractivity contribution in [2.24, 2.45) is 5.16 Å². The van der Waals surface area contributed by atoms with Crippen LogP contribution in [-0.2, 0) is 0 Å². The number of benzene rings is 1. The van der Waals surface area contributed by atoms with Gasteiger partial charge in [0.15, 0.2) is 6.34 Å². The highest BCUT2D eigenvalue weighted by Gasteiger charge is 1.99. The van der Waals surface area contributed by atoms with E-state index < -0.39 is 0 Å². The zero-order valence-corrected chi connectivity index (χ0v) is 6.12. The minimum Gasteiger partial charge on any atom is -0.410 e. The van der Waals surface area contributed by atoms with Gasteiger partial charge in [-0.25, -0.2) is 0 Å². The number of oxime groups is 1. The molecule has 1 aromatic heterocycles. The molecule has 12 heavy (non-hydrogen) atoms. The van der Waals surface area contributed by atoms with E-state index in [1.165, 1.54) is 11.0 Å². The molecule has 0 atom stereocenters. The van der Waals surface area contributed by atoms with Gasteiger partial charge in [0.2, 0.25) is 0 Å². The van der Waals surface area contributed by atoms with E-state index in [1.807, 2.05) is 24.3 Å². The summed E-state index contributed by atoms with van der Waals surface area (Å²) in [6, 6.07) is 7.42. The fourth-order valence-electron chi connectivity index (χ4n) is 1.02. The van der Waals surface area contributed by atoms with Gasteiger partial charge >= 0.3 is 0 Å². The lowest BCUT2D eigenvalue weighted by Gasteiger charge is -1.88. The molecule has 5 heteroatoms. The van der Waals surface area contributed by atoms with Crippen LogP contribution >= 0.6 is 0 Å². The lowest BCUT2D eigenvalue weighted by molar-refractivity contribution is 0.319. The standard InChI is InChI=1S/C7H6N4O/c12-8-5-11-7-4-2-1-3-6(7)9-10-11/h1-5,12H/b8-5+. The number of fused-ring (bicyclic) bond motifs is 1. The summed E-state index contributed by atoms with van der Waals surface area (Å²) in [4.78, 5) is 0. The summed E-state index contributed by atoms with van der Waals surface area (Å²) < 4.78 is 1.40. The fourth-order valence-corrected chi connectivity index (χ4v) is 1.02. The van der Waals surface area contributed by atoms with Gasteiger partial charge in [-0.3, -0.25) is 0 Å². The van der Waals surface area contributed by atoms with E-state index in [1.54, 1.807) is 0 Å². The number of hydrogen-bond acceptors (Lipinski definition) is 4. The molecule has 2 rings (SSSR count). The molecule has 1 N–H and O–H groups in total. The van der Waals surface area contributed by atoms with Crippen molar-refractivity contribution < 1.29 is 5.21 Å². The first-order valence-corrected chi connectivity index (χ1v) is 3.39. The normalized spacial score (nSPS) is 11.3. The molecule has 0 aliphatic heterocycles. The molecule has 0 aliphatic rings. The van der Waals surface area contributed by atoms with Gasteiger partial charge in [0, 0.05) is 0 Å². The molecule has 2 aromatic rings. The molecule has 5 nitrogen and oxygen atoms in total. The number of aromatic nitrogens is 3. The Morgan fingerprint density at radius 2 is 2.25 bits per heavy atom. The van der Waals surface area contributed by atoms with E-state index in [2.05, 4.69) is 15.5 Å². The Morgan fingerprint density at radius 1 is 1.42 bits per heavy atom. The first-order chi connectivity index (χ1) is 5.92. The van der Waals surface area contributed by atoms with E-state index in [4.69, 9.17) is 5.21 Å². The Hall–Kier alpha value is -1.91. The van der Waals surface area contributed by atoms with Gasteiger partial charge in [0.25, 0.3) is 0 Å². The molecule has 0 saturated heterocycles. The molecule has 1 aromatic carbocycles. The largest absolute Gasteiger partial charge is 0.410 e. The average molecular weight is 162 g/mol. The van der Waals surface area contributed by atoms with E-state index in [0.29, 0.717) is 0 Å². The lowest BCUT2D eigenvalue weighted by atomic mass is 10.3. The minimum absolute atomic E-state index is 0.775. The fraction of sp³-hybridized carbons (Fsp3) is 0. The summed E-state index contributed by atoms with van der Waals surface area (Å²) in [6.07, 6.45) is 1.19. The summed E-state index contributed by atoms with van der Waals surface area (Å²) in [5.41, 5.74) is 1.59. The van der Waals surface area contributed by atoms with Crippen molar-refractivity contribution in [3.05, 3.63) is 24.3 Å². The molecule has 0 unspecified atom stereocenters. The minimum atomic E-state index is 0.775. The van der Waals surface area contributed by atoms with E-state index in [9.17, 15) is 0 Å². The van der Waals surface area contributed by atoms with Crippen LogP contribution in [0.4, 0.5) is 0 Å². The monoisotopic (exact) mass is 162 g/mol. The second kappa shape index (κ2) is 2.61. The third-order valence-electron chi connectivity index (χ3n) is 1.54. The Bertz CT molecular complexity index is 420. The van der Waals surface area contributed by atoms with Crippen molar-refractivity contribution >= 4 is 17.4 Å². The zero-order chi connectivity index (χ0) is 8.39. The number of para-hydroxylation sites is 1. The van der Waals surface area contributed by atoms with Crippen molar-refractivity contribution in [1.82, 2.24) is 15.0 Å². The molecule has 0 saturated carbocycles. The third-order valence-corrected chi connectivity index (χ3v) is 1.54. The van der Waals surface area contributed by atoms with Crippen molar-refractivity contribution in [3.8, 4) is 0 Å². The predicted molar refractivity (Wildman–Crippen MR) is 43.2 cm³/mol. The number of rotatable bonds is 1. The molecule has 60 valence electrons. The highest BCUT2D eigenvalue weighted by Crippen LogP contribution is 2.07. The van der Waals surface area contributed by atoms with Crippen LogP contribution in [0.15, 0.2) is 29.4 Å². The maximum atomic E-state index is 8.28. The Morgan fingerprint density at radius 3 is 3.08 bits per heavy atom. The first-order valence-electron chi connectivity index (χ1n) is 3.39. The summed E-state index contributed by atoms with van der Waals surface area (Å²) >= 11 is 0. The summed E-state index contributed by atoms with van der Waals surface area (Å²) in [5.74, 6) is 0. The summed E-state index contributed by atoms with van der Waals surface area (Å²) in [7, 11) is 0. The Balaban J connectivity index is 2.70. The van der Waals surface area contributed by atoms with Crippen LogP contribution < -0.4 is 0 Å². The van der Waals surface area contributed by atoms with Crippen LogP contribution in [0, 0.1) is 0 Å². The van der Waals surface area contributed by atoms with Crippen molar-refractivity contribution in [1.29, 1.82) is 0 Å². The van der Waals surface area contributed by atoms with Crippen LogP contribution in [-0.4, -0.2) is 26.5 Å². The van der Waals surface area contributed by atoms with Crippen LogP contribution in [0.25, 0.3) is 11.0 Å². The van der Waals surface area contributed by atoms with Gasteiger partial charge in [-0.15, -0.1) is 5.10 Å². The highest BCUT2D eigenvalue weighted by molar-refractivity contribution is 5.80. The number of nitrogens with zero attached hydrogens (tertiary/aromatic N) is 4. The van der Waals surface area contributed by atoms with Gasteiger partial charge in [0.1, 0.15) is 5.52 Å². The molecule has 0 spiro atoms. The first kappa shape index (κ1) is 6.78. The van der Waals surface area contributed by atoms with Gasteiger partial charge in [-0.1, -0.05) is 22.5 Å². The topological polar surface area (TPSA) is 63.3 Å². The van der Waals surface area contributed by atoms with Crippen LogP contribution in [0.3, 0.4) is 0 Å². The predicted octanol–water partition coefficient (Wildman–Crippen LogP) is 0.697. The smallest absolute Gasteiger partial charge is 0.158 e. The molecular formula is C7H6N4O. The zero-order valence-electron chi connectivity index (χ0n) is 6.12. The van der Waals surface area contributed by atoms with Crippen molar-refractivity contribution in [2.75, 3.05) is 0 Å². The lowest BCUT2D eigenvalue weighted by Crippen LogP contribution is -1.96. The molecular weight excluding hydrogens is 156 g/mol. The van der Waals surface area contributed by atoms with Gasteiger partial charge in [-0.2, -0.15) is 4.68 Å². The Kier molecular flexibility index (Phi) is 1.48. The van der Waals surface area contributed by atoms with Crippen LogP contribution in [0.5, 0.6) is 0 Å². The molecule has 1 heterocycles. The quantitative estimate of drug-likeness (QED) is 0.290. The van der Waals surface area contributed by atoms with E-state index in [-0.39, 0.29) is 0 Å². The van der Waals surface area contributed by atoms with E-state index >= 15 is 0 Å². The maximum absolute atomic E-state index is 8.28. The van der Waals surface area contributed by atoms with Crippen molar-refractivity contribution in [2.45, 2.75) is 0 Å². The van der Waals surface area contributed by atoms with Crippen molar-refractivity contribution in [3.63, 3.8) is 0 Å². The molecule has 0 aliphatic carbocycles. The Labute approximate surface area is 67.9 Å². The van der Waals surface area contributed by atoms with E-state index in [0.717, 1.165) is 11.0 Å². The van der Waals surface area contributed by atoms with Gasteiger partial charge in [-0.05, 0) is 12.1 Å². The highest BCUT2D eigenvalue weighted by atomic mass is 16.4. The van der Waals surface area contributed by atoms with Crippen LogP contribution in [0.1, 0.15) is 0 Å². The second-order valence-electron chi connectivity index (χ2n) is 2.25. The average Bonchev–Trinajstić information content (AvgIpc) is 2.50. The maximum Gasteiger partial charge on any atom is 0.158 e. The molecule has 0 radical (unpaired) electrons. The van der Waals surface area contributed by atoms with Gasteiger partial charge in [0.05, 0.1) is 5.52 Å². The summed E-state index contributed by atoms with van der Waals surface area (Å²) in [6.45, 7) is 0. The molecule has 0 amide bonds.